The number of nitriles is 2. The maximum atomic E-state index is 14.7. The summed E-state index contributed by atoms with van der Waals surface area (Å²) in [6.45, 7) is 1.37. The summed E-state index contributed by atoms with van der Waals surface area (Å²) in [6, 6.07) is 2.61. The fourth-order valence-electron chi connectivity index (χ4n) is 3.01. The van der Waals surface area contributed by atoms with E-state index in [0.717, 1.165) is 12.1 Å². The SMILES string of the molecule is Cc1c([N+](=O)[O-])ccc(F)c1C1N=C(NC#N)Nc2nc(N)c(C#N)c(N)c21. The Morgan fingerprint density at radius 3 is 2.68 bits per heavy atom. The Labute approximate surface area is 157 Å². The number of aromatic nitrogens is 1. The van der Waals surface area contributed by atoms with Crippen molar-refractivity contribution >= 4 is 29.0 Å². The molecular weight excluding hydrogens is 369 g/mol. The number of benzene rings is 1. The highest BCUT2D eigenvalue weighted by molar-refractivity contribution is 5.98. The van der Waals surface area contributed by atoms with Crippen LogP contribution >= 0.6 is 0 Å². The molecule has 11 nitrogen and oxygen atoms in total. The minimum Gasteiger partial charge on any atom is -0.397 e. The summed E-state index contributed by atoms with van der Waals surface area (Å²) in [5.41, 5.74) is 11.3. The van der Waals surface area contributed by atoms with Gasteiger partial charge in [-0.2, -0.15) is 10.5 Å². The molecule has 0 radical (unpaired) electrons. The van der Waals surface area contributed by atoms with Crippen LogP contribution in [0.5, 0.6) is 0 Å². The lowest BCUT2D eigenvalue weighted by Gasteiger charge is -2.27. The number of aliphatic imine (C=N–C) groups is 1. The van der Waals surface area contributed by atoms with Crippen molar-refractivity contribution in [1.29, 1.82) is 10.5 Å². The summed E-state index contributed by atoms with van der Waals surface area (Å²) in [7, 11) is 0. The molecule has 1 unspecified atom stereocenters. The normalized spacial score (nSPS) is 14.7. The lowest BCUT2D eigenvalue weighted by atomic mass is 9.91. The van der Waals surface area contributed by atoms with Crippen LogP contribution in [0.4, 0.5) is 27.4 Å². The third-order valence-corrected chi connectivity index (χ3v) is 4.26. The number of hydrogen-bond acceptors (Lipinski definition) is 10. The van der Waals surface area contributed by atoms with Gasteiger partial charge in [-0.1, -0.05) is 0 Å². The van der Waals surface area contributed by atoms with Crippen LogP contribution in [0.1, 0.15) is 28.3 Å². The van der Waals surface area contributed by atoms with Crippen molar-refractivity contribution in [3.63, 3.8) is 0 Å². The molecule has 6 N–H and O–H groups in total. The Morgan fingerprint density at radius 2 is 2.07 bits per heavy atom. The molecule has 3 rings (SSSR count). The van der Waals surface area contributed by atoms with Gasteiger partial charge in [0.2, 0.25) is 5.96 Å². The van der Waals surface area contributed by atoms with E-state index in [-0.39, 0.29) is 51.2 Å². The molecule has 0 amide bonds. The van der Waals surface area contributed by atoms with E-state index in [1.54, 1.807) is 6.19 Å². The third kappa shape index (κ3) is 2.75. The first-order chi connectivity index (χ1) is 13.3. The monoisotopic (exact) mass is 381 g/mol. The van der Waals surface area contributed by atoms with Gasteiger partial charge in [0.05, 0.1) is 10.6 Å². The van der Waals surface area contributed by atoms with Crippen molar-refractivity contribution < 1.29 is 9.31 Å². The molecule has 1 aromatic carbocycles. The highest BCUT2D eigenvalue weighted by atomic mass is 19.1. The topological polar surface area (TPSA) is 192 Å². The van der Waals surface area contributed by atoms with E-state index in [2.05, 4.69) is 20.6 Å². The van der Waals surface area contributed by atoms with Crippen LogP contribution in [0.3, 0.4) is 0 Å². The van der Waals surface area contributed by atoms with Gasteiger partial charge in [-0.25, -0.2) is 14.4 Å². The number of hydrogen-bond donors (Lipinski definition) is 4. The number of rotatable bonds is 2. The fourth-order valence-corrected chi connectivity index (χ4v) is 3.01. The van der Waals surface area contributed by atoms with Crippen LogP contribution in [0.25, 0.3) is 0 Å². The van der Waals surface area contributed by atoms with Gasteiger partial charge < -0.3 is 16.8 Å². The Morgan fingerprint density at radius 1 is 1.36 bits per heavy atom. The first-order valence-electron chi connectivity index (χ1n) is 7.72. The van der Waals surface area contributed by atoms with Gasteiger partial charge in [-0.3, -0.25) is 15.4 Å². The van der Waals surface area contributed by atoms with Gasteiger partial charge in [0, 0.05) is 22.8 Å². The molecule has 2 aromatic rings. The standard InChI is InChI=1S/C16H12FN9O2/c1-6-9(26(27)28)3-2-8(17)10(6)13-11-12(20)7(4-18)14(21)24-15(11)25-16(23-13)22-5-19/h2-3,13H,1H3,(H6,20,21,22,23,24,25). The van der Waals surface area contributed by atoms with E-state index >= 15 is 0 Å². The average molecular weight is 381 g/mol. The van der Waals surface area contributed by atoms with Crippen molar-refractivity contribution in [2.24, 2.45) is 4.99 Å². The third-order valence-electron chi connectivity index (χ3n) is 4.26. The first-order valence-corrected chi connectivity index (χ1v) is 7.72. The second kappa shape index (κ2) is 6.69. The highest BCUT2D eigenvalue weighted by Gasteiger charge is 2.34. The number of fused-ring (bicyclic) bond motifs is 1. The molecule has 1 aromatic heterocycles. The number of halogens is 1. The first kappa shape index (κ1) is 18.3. The lowest BCUT2D eigenvalue weighted by molar-refractivity contribution is -0.385. The molecular formula is C16H12FN9O2. The molecule has 0 saturated carbocycles. The lowest BCUT2D eigenvalue weighted by Crippen LogP contribution is -2.33. The molecule has 1 aliphatic rings. The van der Waals surface area contributed by atoms with Crippen LogP contribution in [0, 0.1) is 45.6 Å². The summed E-state index contributed by atoms with van der Waals surface area (Å²) in [5, 5.41) is 34.4. The predicted molar refractivity (Wildman–Crippen MR) is 97.2 cm³/mol. The molecule has 0 fully saturated rings. The number of nitrogens with one attached hydrogen (secondary N) is 2. The van der Waals surface area contributed by atoms with Gasteiger partial charge in [0.15, 0.2) is 6.19 Å². The van der Waals surface area contributed by atoms with Gasteiger partial charge in [0.1, 0.15) is 35.1 Å². The average Bonchev–Trinajstić information content (AvgIpc) is 2.61. The van der Waals surface area contributed by atoms with Crippen LogP contribution in [-0.2, 0) is 0 Å². The van der Waals surface area contributed by atoms with Crippen molar-refractivity contribution in [3.05, 3.63) is 50.3 Å². The quantitative estimate of drug-likeness (QED) is 0.257. The van der Waals surface area contributed by atoms with E-state index < -0.39 is 16.8 Å². The highest BCUT2D eigenvalue weighted by Crippen LogP contribution is 2.43. The Kier molecular flexibility index (Phi) is 4.39. The van der Waals surface area contributed by atoms with Crippen molar-refractivity contribution in [2.75, 3.05) is 16.8 Å². The molecule has 2 heterocycles. The van der Waals surface area contributed by atoms with E-state index in [4.69, 9.17) is 16.7 Å². The molecule has 0 spiro atoms. The number of anilines is 3. The number of nitrogens with two attached hydrogens (primary N) is 2. The Hall–Kier alpha value is -4.45. The second-order valence-corrected chi connectivity index (χ2v) is 5.76. The van der Waals surface area contributed by atoms with Crippen molar-refractivity contribution in [3.8, 4) is 12.3 Å². The van der Waals surface area contributed by atoms with Gasteiger partial charge in [-0.15, -0.1) is 0 Å². The second-order valence-electron chi connectivity index (χ2n) is 5.76. The van der Waals surface area contributed by atoms with E-state index in [9.17, 15) is 19.8 Å². The van der Waals surface area contributed by atoms with Crippen LogP contribution in [0.2, 0.25) is 0 Å². The predicted octanol–water partition coefficient (Wildman–Crippen LogP) is 1.41. The molecule has 1 aliphatic heterocycles. The maximum Gasteiger partial charge on any atom is 0.272 e. The maximum absolute atomic E-state index is 14.7. The summed E-state index contributed by atoms with van der Waals surface area (Å²) >= 11 is 0. The molecule has 0 aliphatic carbocycles. The largest absolute Gasteiger partial charge is 0.397 e. The molecule has 140 valence electrons. The van der Waals surface area contributed by atoms with Crippen molar-refractivity contribution in [2.45, 2.75) is 13.0 Å². The summed E-state index contributed by atoms with van der Waals surface area (Å²) in [6.07, 6.45) is 1.66. The van der Waals surface area contributed by atoms with Gasteiger partial charge in [0.25, 0.3) is 5.69 Å². The number of pyridine rings is 1. The molecule has 1 atom stereocenters. The van der Waals surface area contributed by atoms with Crippen molar-refractivity contribution in [1.82, 2.24) is 10.3 Å². The minimum atomic E-state index is -1.20. The van der Waals surface area contributed by atoms with E-state index in [0.29, 0.717) is 0 Å². The van der Waals surface area contributed by atoms with Crippen LogP contribution in [0.15, 0.2) is 17.1 Å². The summed E-state index contributed by atoms with van der Waals surface area (Å²) < 4.78 is 14.7. The summed E-state index contributed by atoms with van der Waals surface area (Å²) in [5.74, 6) is -0.964. The number of nitro groups is 1. The molecule has 0 saturated heterocycles. The number of guanidine groups is 1. The number of nitrogen functional groups attached to an aromatic ring is 2. The number of nitro benzene ring substituents is 1. The molecule has 0 bridgehead atoms. The minimum absolute atomic E-state index is 0.0256. The zero-order chi connectivity index (χ0) is 20.6. The zero-order valence-electron chi connectivity index (χ0n) is 14.3. The summed E-state index contributed by atoms with van der Waals surface area (Å²) in [4.78, 5) is 18.9. The van der Waals surface area contributed by atoms with Crippen LogP contribution < -0.4 is 22.1 Å². The zero-order valence-corrected chi connectivity index (χ0v) is 14.3. The van der Waals surface area contributed by atoms with Gasteiger partial charge >= 0.3 is 0 Å². The van der Waals surface area contributed by atoms with Gasteiger partial charge in [-0.05, 0) is 13.0 Å². The van der Waals surface area contributed by atoms with E-state index in [1.165, 1.54) is 6.92 Å². The smallest absolute Gasteiger partial charge is 0.272 e. The molecule has 12 heteroatoms. The fraction of sp³-hybridized carbons (Fsp3) is 0.125. The van der Waals surface area contributed by atoms with Crippen LogP contribution in [-0.4, -0.2) is 15.9 Å². The Balaban J connectivity index is 2.36. The number of nitrogens with zero attached hydrogens (tertiary/aromatic N) is 5. The Bertz CT molecular complexity index is 1130. The van der Waals surface area contributed by atoms with E-state index in [1.807, 2.05) is 6.07 Å². The molecule has 28 heavy (non-hydrogen) atoms.